The molecule has 0 atom stereocenters. The van der Waals surface area contributed by atoms with Gasteiger partial charge in [-0.2, -0.15) is 0 Å². The lowest BCUT2D eigenvalue weighted by molar-refractivity contribution is 0.439. The normalized spacial score (nSPS) is 20.8. The van der Waals surface area contributed by atoms with E-state index in [2.05, 4.69) is 15.9 Å². The van der Waals surface area contributed by atoms with Crippen molar-refractivity contribution in [3.63, 3.8) is 0 Å². The van der Waals surface area contributed by atoms with Crippen LogP contribution in [-0.4, -0.2) is 56.8 Å². The molecule has 5 nitrogen and oxygen atoms in total. The van der Waals surface area contributed by atoms with Crippen molar-refractivity contribution in [2.24, 2.45) is 0 Å². The summed E-state index contributed by atoms with van der Waals surface area (Å²) in [5, 5.41) is 0.404. The van der Waals surface area contributed by atoms with Crippen LogP contribution in [0.3, 0.4) is 0 Å². The molecule has 0 saturated carbocycles. The van der Waals surface area contributed by atoms with E-state index in [1.165, 1.54) is 4.31 Å². The fourth-order valence-electron chi connectivity index (χ4n) is 2.15. The summed E-state index contributed by atoms with van der Waals surface area (Å²) in [7, 11) is -4.77. The summed E-state index contributed by atoms with van der Waals surface area (Å²) in [6.45, 7) is 0.512. The summed E-state index contributed by atoms with van der Waals surface area (Å²) < 4.78 is 48.6. The summed E-state index contributed by atoms with van der Waals surface area (Å²) in [6, 6.07) is 0. The number of sulfonamides is 1. The summed E-state index contributed by atoms with van der Waals surface area (Å²) in [5.74, 6) is -0.0113. The van der Waals surface area contributed by atoms with E-state index in [-0.39, 0.29) is 24.3 Å². The maximum atomic E-state index is 12.3. The Morgan fingerprint density at radius 2 is 1.74 bits per heavy atom. The molecule has 0 aromatic heterocycles. The van der Waals surface area contributed by atoms with Crippen LogP contribution in [0.25, 0.3) is 0 Å². The van der Waals surface area contributed by atoms with Gasteiger partial charge in [-0.05, 0) is 25.7 Å². The number of hydrogen-bond acceptors (Lipinski definition) is 4. The standard InChI is InChI=1S/C11H22BrNO4S2/c1-13(8-4-2-3-7-12)19(16,17)11-5-9-18(14,15)10-6-11/h11H,2-10H2,1H3. The van der Waals surface area contributed by atoms with Crippen molar-refractivity contribution in [2.45, 2.75) is 37.4 Å². The molecule has 0 N–H and O–H groups in total. The first kappa shape index (κ1) is 17.4. The van der Waals surface area contributed by atoms with Gasteiger partial charge in [-0.3, -0.25) is 0 Å². The number of nitrogens with zero attached hydrogens (tertiary/aromatic N) is 1. The van der Waals surface area contributed by atoms with E-state index >= 15 is 0 Å². The minimum absolute atomic E-state index is 0.00563. The van der Waals surface area contributed by atoms with Gasteiger partial charge < -0.3 is 0 Å². The Morgan fingerprint density at radius 3 is 2.26 bits per heavy atom. The number of unbranched alkanes of at least 4 members (excludes halogenated alkanes) is 2. The number of alkyl halides is 1. The van der Waals surface area contributed by atoms with Crippen LogP contribution in [0.4, 0.5) is 0 Å². The van der Waals surface area contributed by atoms with Crippen LogP contribution in [0.2, 0.25) is 0 Å². The molecule has 1 saturated heterocycles. The van der Waals surface area contributed by atoms with Crippen LogP contribution in [0.1, 0.15) is 32.1 Å². The number of hydrogen-bond donors (Lipinski definition) is 0. The predicted molar refractivity (Wildman–Crippen MR) is 80.9 cm³/mol. The van der Waals surface area contributed by atoms with Gasteiger partial charge in [0.25, 0.3) is 0 Å². The lowest BCUT2D eigenvalue weighted by Crippen LogP contribution is -2.41. The zero-order valence-corrected chi connectivity index (χ0v) is 14.4. The molecule has 0 aliphatic carbocycles. The molecule has 1 rings (SSSR count). The van der Waals surface area contributed by atoms with E-state index in [0.29, 0.717) is 6.54 Å². The molecule has 0 spiro atoms. The topological polar surface area (TPSA) is 71.5 Å². The van der Waals surface area contributed by atoms with Crippen molar-refractivity contribution in [2.75, 3.05) is 30.4 Å². The molecule has 1 aliphatic rings. The van der Waals surface area contributed by atoms with E-state index in [4.69, 9.17) is 0 Å². The first-order chi connectivity index (χ1) is 8.79. The van der Waals surface area contributed by atoms with Gasteiger partial charge >= 0.3 is 0 Å². The molecule has 0 amide bonds. The number of halogens is 1. The molecule has 19 heavy (non-hydrogen) atoms. The van der Waals surface area contributed by atoms with Crippen LogP contribution in [0, 0.1) is 0 Å². The van der Waals surface area contributed by atoms with Crippen LogP contribution in [0.15, 0.2) is 0 Å². The molecule has 114 valence electrons. The smallest absolute Gasteiger partial charge is 0.216 e. The van der Waals surface area contributed by atoms with Crippen LogP contribution < -0.4 is 0 Å². The molecule has 0 aromatic rings. The van der Waals surface area contributed by atoms with Crippen molar-refractivity contribution >= 4 is 35.8 Å². The van der Waals surface area contributed by atoms with Crippen molar-refractivity contribution in [1.82, 2.24) is 4.31 Å². The van der Waals surface area contributed by atoms with E-state index in [0.717, 1.165) is 24.6 Å². The van der Waals surface area contributed by atoms with Gasteiger partial charge in [0, 0.05) is 18.9 Å². The number of sulfone groups is 1. The third-order valence-corrected chi connectivity index (χ3v) is 8.11. The third kappa shape index (κ3) is 5.32. The van der Waals surface area contributed by atoms with Crippen molar-refractivity contribution < 1.29 is 16.8 Å². The highest BCUT2D eigenvalue weighted by atomic mass is 79.9. The van der Waals surface area contributed by atoms with E-state index in [9.17, 15) is 16.8 Å². The van der Waals surface area contributed by atoms with Gasteiger partial charge in [0.05, 0.1) is 16.8 Å². The molecule has 1 fully saturated rings. The quantitative estimate of drug-likeness (QED) is 0.497. The Kier molecular flexibility index (Phi) is 6.75. The van der Waals surface area contributed by atoms with Gasteiger partial charge in [0.1, 0.15) is 9.84 Å². The Balaban J connectivity index is 2.51. The highest BCUT2D eigenvalue weighted by molar-refractivity contribution is 9.09. The van der Waals surface area contributed by atoms with Gasteiger partial charge in [0.15, 0.2) is 0 Å². The molecule has 1 aliphatic heterocycles. The Morgan fingerprint density at radius 1 is 1.16 bits per heavy atom. The average Bonchev–Trinajstić information content (AvgIpc) is 2.33. The van der Waals surface area contributed by atoms with Crippen molar-refractivity contribution in [3.05, 3.63) is 0 Å². The Hall–Kier alpha value is 0.340. The molecule has 8 heteroatoms. The zero-order valence-electron chi connectivity index (χ0n) is 11.2. The lowest BCUT2D eigenvalue weighted by atomic mass is 10.2. The van der Waals surface area contributed by atoms with Crippen molar-refractivity contribution in [1.29, 1.82) is 0 Å². The molecule has 0 unspecified atom stereocenters. The van der Waals surface area contributed by atoms with Crippen LogP contribution in [-0.2, 0) is 19.9 Å². The molecule has 0 aromatic carbocycles. The molecule has 1 heterocycles. The predicted octanol–water partition coefficient (Wildman–Crippen LogP) is 1.39. The lowest BCUT2D eigenvalue weighted by Gasteiger charge is -2.27. The second kappa shape index (κ2) is 7.38. The molecular formula is C11H22BrNO4S2. The van der Waals surface area contributed by atoms with Gasteiger partial charge in [-0.1, -0.05) is 22.4 Å². The minimum atomic E-state index is -3.34. The summed E-state index contributed by atoms with van der Waals surface area (Å²) >= 11 is 3.34. The van der Waals surface area contributed by atoms with Gasteiger partial charge in [-0.25, -0.2) is 21.1 Å². The maximum Gasteiger partial charge on any atom is 0.216 e. The highest BCUT2D eigenvalue weighted by Gasteiger charge is 2.34. The van der Waals surface area contributed by atoms with Gasteiger partial charge in [0.2, 0.25) is 10.0 Å². The zero-order chi connectivity index (χ0) is 14.5. The van der Waals surface area contributed by atoms with Gasteiger partial charge in [-0.15, -0.1) is 0 Å². The Labute approximate surface area is 124 Å². The molecule has 0 radical (unpaired) electrons. The fraction of sp³-hybridized carbons (Fsp3) is 1.00. The SMILES string of the molecule is CN(CCCCCBr)S(=O)(=O)C1CCS(=O)(=O)CC1. The molecule has 0 bridgehead atoms. The summed E-state index contributed by atoms with van der Waals surface area (Å²) in [5.41, 5.74) is 0. The average molecular weight is 376 g/mol. The third-order valence-electron chi connectivity index (χ3n) is 3.46. The fourth-order valence-corrected chi connectivity index (χ4v) is 6.06. The monoisotopic (exact) mass is 375 g/mol. The van der Waals surface area contributed by atoms with E-state index in [1.54, 1.807) is 7.05 Å². The first-order valence-corrected chi connectivity index (χ1v) is 11.0. The van der Waals surface area contributed by atoms with Crippen LogP contribution >= 0.6 is 15.9 Å². The highest BCUT2D eigenvalue weighted by Crippen LogP contribution is 2.22. The maximum absolute atomic E-state index is 12.3. The second-order valence-electron chi connectivity index (χ2n) is 4.97. The van der Waals surface area contributed by atoms with Crippen molar-refractivity contribution in [3.8, 4) is 0 Å². The van der Waals surface area contributed by atoms with E-state index in [1.807, 2.05) is 0 Å². The second-order valence-corrected chi connectivity index (χ2v) is 10.4. The first-order valence-electron chi connectivity index (χ1n) is 6.51. The largest absolute Gasteiger partial charge is 0.229 e. The molecular weight excluding hydrogens is 354 g/mol. The summed E-state index contributed by atoms with van der Waals surface area (Å²) in [6.07, 6.45) is 3.33. The van der Waals surface area contributed by atoms with E-state index < -0.39 is 25.1 Å². The Bertz CT molecular complexity index is 461. The summed E-state index contributed by atoms with van der Waals surface area (Å²) in [4.78, 5) is 0. The minimum Gasteiger partial charge on any atom is -0.229 e. The number of rotatable bonds is 7. The van der Waals surface area contributed by atoms with Crippen LogP contribution in [0.5, 0.6) is 0 Å².